The van der Waals surface area contributed by atoms with E-state index in [1.54, 1.807) is 6.07 Å². The minimum absolute atomic E-state index is 0.00108. The van der Waals surface area contributed by atoms with Gasteiger partial charge in [-0.2, -0.15) is 5.10 Å². The number of carbonyl (C=O) groups excluding carboxylic acids is 1. The van der Waals surface area contributed by atoms with E-state index >= 15 is 0 Å². The number of fused-ring (bicyclic) bond motifs is 1. The highest BCUT2D eigenvalue weighted by Gasteiger charge is 2.35. The highest BCUT2D eigenvalue weighted by atomic mass is 16.2. The molecule has 0 unspecified atom stereocenters. The third-order valence-electron chi connectivity index (χ3n) is 5.28. The minimum atomic E-state index is -0.204. The van der Waals surface area contributed by atoms with Crippen molar-refractivity contribution < 1.29 is 4.79 Å². The Morgan fingerprint density at radius 2 is 1.92 bits per heavy atom. The second kappa shape index (κ2) is 6.96. The van der Waals surface area contributed by atoms with Crippen molar-refractivity contribution in [3.63, 3.8) is 0 Å². The van der Waals surface area contributed by atoms with Gasteiger partial charge in [0, 0.05) is 24.5 Å². The lowest BCUT2D eigenvalue weighted by molar-refractivity contribution is -0.131. The number of likely N-dealkylation sites (N-methyl/N-ethyl adjacent to an activating group) is 1. The Morgan fingerprint density at radius 3 is 2.52 bits per heavy atom. The maximum absolute atomic E-state index is 12.8. The number of rotatable bonds is 4. The molecule has 0 spiro atoms. The van der Waals surface area contributed by atoms with E-state index in [2.05, 4.69) is 31.0 Å². The molecule has 25 heavy (non-hydrogen) atoms. The van der Waals surface area contributed by atoms with E-state index in [4.69, 9.17) is 0 Å². The Hall–Kier alpha value is -2.21. The number of hydrogen-bond donors (Lipinski definition) is 0. The molecule has 1 aliphatic rings. The summed E-state index contributed by atoms with van der Waals surface area (Å²) in [6, 6.07) is 7.78. The van der Waals surface area contributed by atoms with Crippen LogP contribution in [0.4, 0.5) is 0 Å². The van der Waals surface area contributed by atoms with Gasteiger partial charge in [-0.15, -0.1) is 0 Å². The van der Waals surface area contributed by atoms with Crippen molar-refractivity contribution in [2.24, 2.45) is 5.92 Å². The fraction of sp³-hybridized carbons (Fsp3) is 0.526. The smallest absolute Gasteiger partial charge is 0.275 e. The minimum Gasteiger partial charge on any atom is -0.339 e. The van der Waals surface area contributed by atoms with E-state index in [9.17, 15) is 9.59 Å². The molecule has 2 aromatic rings. The Bertz CT molecular complexity index is 843. The summed E-state index contributed by atoms with van der Waals surface area (Å²) in [5.74, 6) is 0.439. The number of benzene rings is 1. The van der Waals surface area contributed by atoms with Crippen LogP contribution in [0.15, 0.2) is 29.1 Å². The largest absolute Gasteiger partial charge is 0.339 e. The molecule has 1 aromatic heterocycles. The van der Waals surface area contributed by atoms with Crippen LogP contribution in [-0.2, 0) is 11.3 Å². The third kappa shape index (κ3) is 3.31. The lowest BCUT2D eigenvalue weighted by Crippen LogP contribution is -2.38. The Kier molecular flexibility index (Phi) is 4.90. The maximum atomic E-state index is 12.8. The molecule has 2 heterocycles. The van der Waals surface area contributed by atoms with E-state index < -0.39 is 0 Å². The first-order valence-electron chi connectivity index (χ1n) is 8.83. The lowest BCUT2D eigenvalue weighted by Gasteiger charge is -2.23. The normalized spacial score (nSPS) is 20.6. The Labute approximate surface area is 148 Å². The van der Waals surface area contributed by atoms with Crippen LogP contribution in [0, 0.1) is 12.8 Å². The molecule has 0 saturated carbocycles. The van der Waals surface area contributed by atoms with Crippen LogP contribution < -0.4 is 5.56 Å². The lowest BCUT2D eigenvalue weighted by atomic mass is 10.0. The highest BCUT2D eigenvalue weighted by molar-refractivity contribution is 5.83. The van der Waals surface area contributed by atoms with Crippen LogP contribution in [0.1, 0.15) is 19.0 Å². The molecule has 1 saturated heterocycles. The van der Waals surface area contributed by atoms with Crippen LogP contribution in [0.25, 0.3) is 10.8 Å². The Balaban J connectivity index is 1.83. The highest BCUT2D eigenvalue weighted by Crippen LogP contribution is 2.23. The first-order chi connectivity index (χ1) is 11.9. The molecule has 6 heteroatoms. The van der Waals surface area contributed by atoms with E-state index in [0.717, 1.165) is 24.0 Å². The van der Waals surface area contributed by atoms with Crippen molar-refractivity contribution in [1.82, 2.24) is 19.6 Å². The number of hydrogen-bond acceptors (Lipinski definition) is 4. The van der Waals surface area contributed by atoms with Gasteiger partial charge < -0.3 is 9.80 Å². The van der Waals surface area contributed by atoms with Crippen molar-refractivity contribution >= 4 is 16.7 Å². The first kappa shape index (κ1) is 17.6. The molecule has 2 atom stereocenters. The van der Waals surface area contributed by atoms with E-state index in [-0.39, 0.29) is 18.0 Å². The SMILES string of the molecule is CC[C@H]1CN(C(=O)Cn2nc(C)c3ccccc3c2=O)C[C@@H]1N(C)C. The molecule has 3 rings (SSSR count). The zero-order valence-corrected chi connectivity index (χ0v) is 15.4. The zero-order valence-electron chi connectivity index (χ0n) is 15.4. The fourth-order valence-corrected chi connectivity index (χ4v) is 3.78. The van der Waals surface area contributed by atoms with Gasteiger partial charge in [-0.25, -0.2) is 4.68 Å². The van der Waals surface area contributed by atoms with Crippen LogP contribution in [-0.4, -0.2) is 58.7 Å². The predicted octanol–water partition coefficient (Wildman–Crippen LogP) is 1.50. The van der Waals surface area contributed by atoms with Gasteiger partial charge in [0.25, 0.3) is 5.56 Å². The summed E-state index contributed by atoms with van der Waals surface area (Å²) in [4.78, 5) is 29.5. The van der Waals surface area contributed by atoms with Crippen LogP contribution in [0.2, 0.25) is 0 Å². The average molecular weight is 342 g/mol. The monoisotopic (exact) mass is 342 g/mol. The fourth-order valence-electron chi connectivity index (χ4n) is 3.78. The summed E-state index contributed by atoms with van der Waals surface area (Å²) in [5, 5.41) is 5.81. The van der Waals surface area contributed by atoms with Crippen molar-refractivity contribution in [2.75, 3.05) is 27.2 Å². The number of aryl methyl sites for hydroxylation is 1. The van der Waals surface area contributed by atoms with Crippen molar-refractivity contribution in [2.45, 2.75) is 32.9 Å². The maximum Gasteiger partial charge on any atom is 0.275 e. The summed E-state index contributed by atoms with van der Waals surface area (Å²) >= 11 is 0. The summed E-state index contributed by atoms with van der Waals surface area (Å²) in [6.07, 6.45) is 1.04. The zero-order chi connectivity index (χ0) is 18.1. The molecule has 6 nitrogen and oxygen atoms in total. The summed E-state index contributed by atoms with van der Waals surface area (Å²) in [5.41, 5.74) is 0.562. The molecule has 0 radical (unpaired) electrons. The van der Waals surface area contributed by atoms with Crippen molar-refractivity contribution in [3.8, 4) is 0 Å². The number of amides is 1. The van der Waals surface area contributed by atoms with Crippen LogP contribution in [0.5, 0.6) is 0 Å². The van der Waals surface area contributed by atoms with Crippen molar-refractivity contribution in [1.29, 1.82) is 0 Å². The molecule has 1 amide bonds. The van der Waals surface area contributed by atoms with Crippen LogP contribution >= 0.6 is 0 Å². The molecular formula is C19H26N4O2. The summed E-state index contributed by atoms with van der Waals surface area (Å²) in [7, 11) is 4.11. The standard InChI is InChI=1S/C19H26N4O2/c1-5-14-10-22(11-17(14)21(3)4)18(24)12-23-19(25)16-9-7-6-8-15(16)13(2)20-23/h6-9,14,17H,5,10-12H2,1-4H3/t14-,17-/m0/s1. The van der Waals surface area contributed by atoms with Gasteiger partial charge in [-0.3, -0.25) is 9.59 Å². The molecule has 1 aliphatic heterocycles. The topological polar surface area (TPSA) is 58.4 Å². The number of nitrogens with zero attached hydrogens (tertiary/aromatic N) is 4. The number of carbonyl (C=O) groups is 1. The molecule has 0 N–H and O–H groups in total. The first-order valence-corrected chi connectivity index (χ1v) is 8.83. The van der Waals surface area contributed by atoms with Crippen molar-refractivity contribution in [3.05, 3.63) is 40.3 Å². The van der Waals surface area contributed by atoms with E-state index in [1.807, 2.05) is 30.0 Å². The van der Waals surface area contributed by atoms with E-state index in [0.29, 0.717) is 23.9 Å². The molecular weight excluding hydrogens is 316 g/mol. The van der Waals surface area contributed by atoms with Gasteiger partial charge in [0.1, 0.15) is 6.54 Å². The molecule has 0 aliphatic carbocycles. The Morgan fingerprint density at radius 1 is 1.24 bits per heavy atom. The summed E-state index contributed by atoms with van der Waals surface area (Å²) in [6.45, 7) is 5.49. The van der Waals surface area contributed by atoms with E-state index in [1.165, 1.54) is 4.68 Å². The number of likely N-dealkylation sites (tertiary alicyclic amines) is 1. The second-order valence-corrected chi connectivity index (χ2v) is 7.09. The molecule has 0 bridgehead atoms. The quantitative estimate of drug-likeness (QED) is 0.845. The van der Waals surface area contributed by atoms with Gasteiger partial charge in [0.15, 0.2) is 0 Å². The summed E-state index contributed by atoms with van der Waals surface area (Å²) < 4.78 is 1.31. The van der Waals surface area contributed by atoms with Gasteiger partial charge in [0.2, 0.25) is 5.91 Å². The molecule has 134 valence electrons. The van der Waals surface area contributed by atoms with Gasteiger partial charge >= 0.3 is 0 Å². The third-order valence-corrected chi connectivity index (χ3v) is 5.28. The van der Waals surface area contributed by atoms with Crippen LogP contribution in [0.3, 0.4) is 0 Å². The predicted molar refractivity (Wildman–Crippen MR) is 98.6 cm³/mol. The molecule has 1 fully saturated rings. The van der Waals surface area contributed by atoms with Gasteiger partial charge in [-0.1, -0.05) is 31.5 Å². The van der Waals surface area contributed by atoms with Gasteiger partial charge in [0.05, 0.1) is 11.1 Å². The molecule has 1 aromatic carbocycles. The second-order valence-electron chi connectivity index (χ2n) is 7.09. The van der Waals surface area contributed by atoms with Gasteiger partial charge in [-0.05, 0) is 33.0 Å². The average Bonchev–Trinajstić information content (AvgIpc) is 3.04. The number of aromatic nitrogens is 2.